The highest BCUT2D eigenvalue weighted by molar-refractivity contribution is 5.90. The van der Waals surface area contributed by atoms with Crippen molar-refractivity contribution in [2.75, 3.05) is 19.6 Å². The fraction of sp³-hybridized carbons (Fsp3) is 0.846. The molecule has 1 saturated carbocycles. The molecular weight excluding hydrogens is 266 g/mol. The van der Waals surface area contributed by atoms with Crippen LogP contribution in [-0.2, 0) is 9.59 Å². The molecule has 0 aromatic carbocycles. The molecule has 0 unspecified atom stereocenters. The van der Waals surface area contributed by atoms with Gasteiger partial charge in [-0.05, 0) is 26.7 Å². The Morgan fingerprint density at radius 1 is 1.21 bits per heavy atom. The van der Waals surface area contributed by atoms with Gasteiger partial charge in [-0.25, -0.2) is 0 Å². The van der Waals surface area contributed by atoms with Crippen LogP contribution in [0.1, 0.15) is 46.0 Å². The van der Waals surface area contributed by atoms with Gasteiger partial charge >= 0.3 is 0 Å². The molecule has 1 aliphatic carbocycles. The van der Waals surface area contributed by atoms with Gasteiger partial charge < -0.3 is 16.0 Å². The van der Waals surface area contributed by atoms with Crippen LogP contribution in [0.4, 0.5) is 0 Å². The van der Waals surface area contributed by atoms with Crippen LogP contribution in [0.2, 0.25) is 0 Å². The summed E-state index contributed by atoms with van der Waals surface area (Å²) >= 11 is 0. The van der Waals surface area contributed by atoms with E-state index in [-0.39, 0.29) is 30.8 Å². The molecule has 0 radical (unpaired) electrons. The van der Waals surface area contributed by atoms with Crippen LogP contribution in [0, 0.1) is 0 Å². The summed E-state index contributed by atoms with van der Waals surface area (Å²) in [7, 11) is 0. The van der Waals surface area contributed by atoms with Crippen LogP contribution in [0.3, 0.4) is 0 Å². The van der Waals surface area contributed by atoms with Crippen LogP contribution in [0.15, 0.2) is 0 Å². The minimum absolute atomic E-state index is 0. The number of halogens is 1. The Morgan fingerprint density at radius 3 is 2.26 bits per heavy atom. The Balaban J connectivity index is 0.00000324. The molecule has 0 atom stereocenters. The van der Waals surface area contributed by atoms with E-state index in [0.717, 1.165) is 32.1 Å². The minimum Gasteiger partial charge on any atom is -0.355 e. The normalized spacial score (nSPS) is 17.2. The van der Waals surface area contributed by atoms with E-state index >= 15 is 0 Å². The molecule has 19 heavy (non-hydrogen) atoms. The second-order valence-electron chi connectivity index (χ2n) is 4.99. The molecule has 1 aliphatic rings. The third kappa shape index (κ3) is 4.99. The summed E-state index contributed by atoms with van der Waals surface area (Å²) in [6.45, 7) is 4.96. The molecule has 0 aromatic heterocycles. The summed E-state index contributed by atoms with van der Waals surface area (Å²) in [6.07, 6.45) is 4.62. The van der Waals surface area contributed by atoms with Crippen LogP contribution in [-0.4, -0.2) is 41.9 Å². The number of carbonyl (C=O) groups excluding carboxylic acids is 2. The van der Waals surface area contributed by atoms with E-state index < -0.39 is 5.54 Å². The van der Waals surface area contributed by atoms with Gasteiger partial charge in [-0.3, -0.25) is 9.59 Å². The number of likely N-dealkylation sites (N-methyl/N-ethyl adjacent to an activating group) is 2. The van der Waals surface area contributed by atoms with E-state index in [1.807, 2.05) is 13.8 Å². The Labute approximate surface area is 121 Å². The monoisotopic (exact) mass is 291 g/mol. The fourth-order valence-corrected chi connectivity index (χ4v) is 2.47. The third-order valence-corrected chi connectivity index (χ3v) is 3.55. The quantitative estimate of drug-likeness (QED) is 0.795. The lowest BCUT2D eigenvalue weighted by molar-refractivity contribution is -0.141. The lowest BCUT2D eigenvalue weighted by Gasteiger charge is -2.36. The summed E-state index contributed by atoms with van der Waals surface area (Å²) in [5.74, 6) is -0.192. The first kappa shape index (κ1) is 18.2. The molecule has 0 spiro atoms. The molecule has 0 heterocycles. The predicted octanol–water partition coefficient (Wildman–Crippen LogP) is 1.05. The highest BCUT2D eigenvalue weighted by atomic mass is 35.5. The van der Waals surface area contributed by atoms with E-state index in [1.54, 1.807) is 4.90 Å². The number of nitrogens with zero attached hydrogens (tertiary/aromatic N) is 1. The molecule has 2 amide bonds. The number of nitrogens with one attached hydrogen (secondary N) is 1. The zero-order valence-corrected chi connectivity index (χ0v) is 12.7. The lowest BCUT2D eigenvalue weighted by Crippen LogP contribution is -2.57. The maximum atomic E-state index is 12.4. The smallest absolute Gasteiger partial charge is 0.243 e. The van der Waals surface area contributed by atoms with Crippen molar-refractivity contribution in [2.24, 2.45) is 5.73 Å². The highest BCUT2D eigenvalue weighted by Crippen LogP contribution is 2.27. The Morgan fingerprint density at radius 2 is 1.79 bits per heavy atom. The van der Waals surface area contributed by atoms with Gasteiger partial charge in [0.05, 0.1) is 12.1 Å². The first-order chi connectivity index (χ1) is 8.53. The molecule has 3 N–H and O–H groups in total. The molecule has 6 heteroatoms. The maximum absolute atomic E-state index is 12.4. The zero-order valence-electron chi connectivity index (χ0n) is 11.9. The van der Waals surface area contributed by atoms with Crippen molar-refractivity contribution in [1.82, 2.24) is 10.2 Å². The molecular formula is C13H26ClN3O2. The SMILES string of the molecule is CCNC(=O)CN(CC)C(=O)C1(N)CCCCC1.Cl. The maximum Gasteiger partial charge on any atom is 0.243 e. The van der Waals surface area contributed by atoms with Crippen LogP contribution >= 0.6 is 12.4 Å². The first-order valence-corrected chi connectivity index (χ1v) is 6.88. The summed E-state index contributed by atoms with van der Waals surface area (Å²) in [5, 5.41) is 2.71. The van der Waals surface area contributed by atoms with E-state index in [2.05, 4.69) is 5.32 Å². The van der Waals surface area contributed by atoms with E-state index in [1.165, 1.54) is 0 Å². The second kappa shape index (κ2) is 8.38. The largest absolute Gasteiger partial charge is 0.355 e. The van der Waals surface area contributed by atoms with Crippen LogP contribution < -0.4 is 11.1 Å². The molecule has 5 nitrogen and oxygen atoms in total. The van der Waals surface area contributed by atoms with Gasteiger partial charge in [0.25, 0.3) is 0 Å². The van der Waals surface area contributed by atoms with Gasteiger partial charge in [0.1, 0.15) is 0 Å². The molecule has 0 bridgehead atoms. The fourth-order valence-electron chi connectivity index (χ4n) is 2.47. The molecule has 0 aliphatic heterocycles. The van der Waals surface area contributed by atoms with Crippen molar-refractivity contribution in [2.45, 2.75) is 51.5 Å². The first-order valence-electron chi connectivity index (χ1n) is 6.88. The average Bonchev–Trinajstić information content (AvgIpc) is 2.36. The van der Waals surface area contributed by atoms with Crippen molar-refractivity contribution in [3.8, 4) is 0 Å². The molecule has 112 valence electrons. The van der Waals surface area contributed by atoms with Gasteiger partial charge in [-0.1, -0.05) is 19.3 Å². The van der Waals surface area contributed by atoms with Gasteiger partial charge in [0, 0.05) is 13.1 Å². The average molecular weight is 292 g/mol. The van der Waals surface area contributed by atoms with Gasteiger partial charge in [-0.15, -0.1) is 12.4 Å². The van der Waals surface area contributed by atoms with Crippen molar-refractivity contribution >= 4 is 24.2 Å². The third-order valence-electron chi connectivity index (χ3n) is 3.55. The molecule has 0 saturated heterocycles. The number of hydrogen-bond donors (Lipinski definition) is 2. The minimum atomic E-state index is -0.749. The number of amides is 2. The van der Waals surface area contributed by atoms with E-state index in [9.17, 15) is 9.59 Å². The van der Waals surface area contributed by atoms with Gasteiger partial charge in [0.2, 0.25) is 11.8 Å². The van der Waals surface area contributed by atoms with Crippen molar-refractivity contribution in [3.05, 3.63) is 0 Å². The summed E-state index contributed by atoms with van der Waals surface area (Å²) in [6, 6.07) is 0. The summed E-state index contributed by atoms with van der Waals surface area (Å²) < 4.78 is 0. The summed E-state index contributed by atoms with van der Waals surface area (Å²) in [5.41, 5.74) is 5.46. The Bertz CT molecular complexity index is 304. The van der Waals surface area contributed by atoms with Gasteiger partial charge in [0.15, 0.2) is 0 Å². The Hall–Kier alpha value is -0.810. The molecule has 1 rings (SSSR count). The number of nitrogens with two attached hydrogens (primary N) is 1. The number of rotatable bonds is 5. The van der Waals surface area contributed by atoms with E-state index in [4.69, 9.17) is 5.73 Å². The number of carbonyl (C=O) groups is 2. The van der Waals surface area contributed by atoms with Crippen LogP contribution in [0.25, 0.3) is 0 Å². The number of hydrogen-bond acceptors (Lipinski definition) is 3. The molecule has 1 fully saturated rings. The van der Waals surface area contributed by atoms with Crippen molar-refractivity contribution < 1.29 is 9.59 Å². The van der Waals surface area contributed by atoms with E-state index in [0.29, 0.717) is 13.1 Å². The summed E-state index contributed by atoms with van der Waals surface area (Å²) in [4.78, 5) is 25.5. The zero-order chi connectivity index (χ0) is 13.6. The van der Waals surface area contributed by atoms with Crippen molar-refractivity contribution in [1.29, 1.82) is 0 Å². The van der Waals surface area contributed by atoms with Crippen molar-refractivity contribution in [3.63, 3.8) is 0 Å². The standard InChI is InChI=1S/C13H25N3O2.ClH/c1-3-15-11(17)10-16(4-2)12(18)13(14)8-6-5-7-9-13;/h3-10,14H2,1-2H3,(H,15,17);1H. The Kier molecular flexibility index (Phi) is 8.02. The second-order valence-corrected chi connectivity index (χ2v) is 4.99. The topological polar surface area (TPSA) is 75.4 Å². The lowest BCUT2D eigenvalue weighted by atomic mass is 9.81. The highest BCUT2D eigenvalue weighted by Gasteiger charge is 2.38. The van der Waals surface area contributed by atoms with Gasteiger partial charge in [-0.2, -0.15) is 0 Å². The predicted molar refractivity (Wildman–Crippen MR) is 78.2 cm³/mol. The van der Waals surface area contributed by atoms with Crippen LogP contribution in [0.5, 0.6) is 0 Å². The molecule has 0 aromatic rings.